The van der Waals surface area contributed by atoms with Crippen LogP contribution in [0.2, 0.25) is 0 Å². The van der Waals surface area contributed by atoms with Gasteiger partial charge in [-0.1, -0.05) is 133 Å². The van der Waals surface area contributed by atoms with Gasteiger partial charge in [0.2, 0.25) is 0 Å². The third-order valence-corrected chi connectivity index (χ3v) is 10.3. The van der Waals surface area contributed by atoms with E-state index in [-0.39, 0.29) is 29.7 Å². The van der Waals surface area contributed by atoms with Crippen molar-refractivity contribution in [2.24, 2.45) is 0 Å². The highest BCUT2D eigenvalue weighted by molar-refractivity contribution is 6.28. The SMILES string of the molecule is [2H]c1c([2H])c([2H])c(-c2cc(-n3c4cc5c6c7ccccc7ccc6n(-c6ccccc6)c5cc4c4c5ccccc5ccc43)c3ccccc3c2)c([2H])c1[2H]. The van der Waals surface area contributed by atoms with Crippen LogP contribution in [0, 0.1) is 0 Å². The molecule has 0 unspecified atom stereocenters. The van der Waals surface area contributed by atoms with Gasteiger partial charge < -0.3 is 9.13 Å². The van der Waals surface area contributed by atoms with Gasteiger partial charge in [-0.3, -0.25) is 0 Å². The van der Waals surface area contributed by atoms with E-state index >= 15 is 0 Å². The maximum atomic E-state index is 8.90. The van der Waals surface area contributed by atoms with Crippen LogP contribution in [0.3, 0.4) is 0 Å². The van der Waals surface area contributed by atoms with E-state index in [1.807, 2.05) is 36.4 Å². The smallest absolute Gasteiger partial charge is 0.0629 e. The maximum Gasteiger partial charge on any atom is 0.0629 e. The van der Waals surface area contributed by atoms with Crippen LogP contribution in [0.4, 0.5) is 0 Å². The molecule has 2 heterocycles. The molecule has 0 radical (unpaired) electrons. The summed E-state index contributed by atoms with van der Waals surface area (Å²) >= 11 is 0. The number of fused-ring (bicyclic) bond motifs is 11. The highest BCUT2D eigenvalue weighted by Crippen LogP contribution is 2.44. The number of benzene rings is 9. The van der Waals surface area contributed by atoms with Gasteiger partial charge in [-0.05, 0) is 86.6 Å². The Bertz CT molecular complexity index is 3410. The largest absolute Gasteiger partial charge is 0.309 e. The summed E-state index contributed by atoms with van der Waals surface area (Å²) in [7, 11) is 0. The zero-order valence-corrected chi connectivity index (χ0v) is 26.8. The highest BCUT2D eigenvalue weighted by atomic mass is 15.0. The minimum Gasteiger partial charge on any atom is -0.309 e. The second-order valence-electron chi connectivity index (χ2n) is 13.0. The fourth-order valence-electron chi connectivity index (χ4n) is 8.19. The second-order valence-corrected chi connectivity index (χ2v) is 13.0. The summed E-state index contributed by atoms with van der Waals surface area (Å²) in [5.74, 6) is 0. The van der Waals surface area contributed by atoms with Gasteiger partial charge in [0.25, 0.3) is 0 Å². The maximum absolute atomic E-state index is 8.90. The van der Waals surface area contributed by atoms with Crippen molar-refractivity contribution in [1.29, 1.82) is 0 Å². The van der Waals surface area contributed by atoms with E-state index in [1.165, 1.54) is 16.2 Å². The number of rotatable bonds is 3. The molecule has 11 aromatic rings. The molecular formula is C48H30N2. The van der Waals surface area contributed by atoms with E-state index in [9.17, 15) is 0 Å². The molecule has 0 atom stereocenters. The van der Waals surface area contributed by atoms with Crippen LogP contribution in [-0.4, -0.2) is 9.13 Å². The zero-order valence-electron chi connectivity index (χ0n) is 31.8. The number of hydrogen-bond acceptors (Lipinski definition) is 0. The molecule has 2 aromatic heterocycles. The molecule has 0 aliphatic heterocycles. The number of hydrogen-bond donors (Lipinski definition) is 0. The van der Waals surface area contributed by atoms with Gasteiger partial charge in [0.05, 0.1) is 34.6 Å². The minimum atomic E-state index is -0.403. The summed E-state index contributed by atoms with van der Waals surface area (Å²) in [4.78, 5) is 0. The average molecular weight is 640 g/mol. The zero-order chi connectivity index (χ0) is 37.1. The summed E-state index contributed by atoms with van der Waals surface area (Å²) in [5, 5.41) is 11.1. The fourth-order valence-corrected chi connectivity index (χ4v) is 8.19. The topological polar surface area (TPSA) is 9.86 Å². The van der Waals surface area contributed by atoms with E-state index in [2.05, 4.69) is 124 Å². The molecule has 2 heteroatoms. The second kappa shape index (κ2) is 10.4. The van der Waals surface area contributed by atoms with Gasteiger partial charge in [0.1, 0.15) is 0 Å². The summed E-state index contributed by atoms with van der Waals surface area (Å²) in [6.45, 7) is 0. The van der Waals surface area contributed by atoms with Gasteiger partial charge in [-0.15, -0.1) is 0 Å². The average Bonchev–Trinajstić information content (AvgIpc) is 3.73. The molecular weight excluding hydrogens is 605 g/mol. The van der Waals surface area contributed by atoms with Crippen LogP contribution in [0.25, 0.3) is 98.4 Å². The molecule has 0 aliphatic rings. The minimum absolute atomic E-state index is 0.184. The van der Waals surface area contributed by atoms with Crippen LogP contribution in [0.5, 0.6) is 0 Å². The first-order valence-electron chi connectivity index (χ1n) is 19.4. The Labute approximate surface area is 295 Å². The van der Waals surface area contributed by atoms with Crippen molar-refractivity contribution >= 4 is 75.9 Å². The summed E-state index contributed by atoms with van der Waals surface area (Å²) in [6, 6.07) is 51.6. The lowest BCUT2D eigenvalue weighted by Crippen LogP contribution is -1.97. The van der Waals surface area contributed by atoms with E-state index in [4.69, 9.17) is 6.85 Å². The first-order chi connectivity index (χ1) is 26.9. The van der Waals surface area contributed by atoms with Gasteiger partial charge in [-0.2, -0.15) is 0 Å². The quantitative estimate of drug-likeness (QED) is 0.182. The van der Waals surface area contributed by atoms with Gasteiger partial charge >= 0.3 is 0 Å². The third-order valence-electron chi connectivity index (χ3n) is 10.3. The van der Waals surface area contributed by atoms with Crippen LogP contribution in [-0.2, 0) is 0 Å². The number of aromatic nitrogens is 2. The van der Waals surface area contributed by atoms with E-state index in [0.717, 1.165) is 71.1 Å². The van der Waals surface area contributed by atoms with Crippen LogP contribution in [0.1, 0.15) is 6.85 Å². The molecule has 0 bridgehead atoms. The molecule has 232 valence electrons. The Morgan fingerprint density at radius 1 is 0.360 bits per heavy atom. The van der Waals surface area contributed by atoms with Crippen molar-refractivity contribution in [2.45, 2.75) is 0 Å². The molecule has 0 saturated carbocycles. The van der Waals surface area contributed by atoms with Crippen molar-refractivity contribution in [3.05, 3.63) is 182 Å². The van der Waals surface area contributed by atoms with E-state index in [0.29, 0.717) is 5.56 Å². The van der Waals surface area contributed by atoms with E-state index in [1.54, 1.807) is 0 Å². The normalized spacial score (nSPS) is 13.4. The monoisotopic (exact) mass is 639 g/mol. The lowest BCUT2D eigenvalue weighted by atomic mass is 9.99. The lowest BCUT2D eigenvalue weighted by molar-refractivity contribution is 1.18. The third kappa shape index (κ3) is 3.85. The molecule has 50 heavy (non-hydrogen) atoms. The highest BCUT2D eigenvalue weighted by Gasteiger charge is 2.22. The Morgan fingerprint density at radius 3 is 1.56 bits per heavy atom. The Hall–Kier alpha value is -6.64. The van der Waals surface area contributed by atoms with Crippen molar-refractivity contribution in [3.63, 3.8) is 0 Å². The molecule has 2 nitrogen and oxygen atoms in total. The van der Waals surface area contributed by atoms with E-state index < -0.39 is 6.04 Å². The van der Waals surface area contributed by atoms with Crippen molar-refractivity contribution in [2.75, 3.05) is 0 Å². The summed E-state index contributed by atoms with van der Waals surface area (Å²) in [6.07, 6.45) is 0. The van der Waals surface area contributed by atoms with Gasteiger partial charge in [-0.25, -0.2) is 0 Å². The van der Waals surface area contributed by atoms with Crippen LogP contribution < -0.4 is 0 Å². The molecule has 0 amide bonds. The van der Waals surface area contributed by atoms with Crippen LogP contribution in [0.15, 0.2) is 182 Å². The standard InChI is InChI=1S/C48H30N2/c1-3-13-31(14-4-1)35-27-34-17-9-10-20-37(34)44(28-35)50-43-26-24-33-16-8-12-22-39(33)48(43)41-29-45-40(30-46(41)50)47-38-21-11-7-15-32(38)23-25-42(47)49(45)36-18-5-2-6-19-36/h1-30H/i1D,3D,4D,13D,14D. The predicted octanol–water partition coefficient (Wildman–Crippen LogP) is 13.0. The van der Waals surface area contributed by atoms with Crippen molar-refractivity contribution in [3.8, 4) is 22.5 Å². The van der Waals surface area contributed by atoms with Gasteiger partial charge in [0.15, 0.2) is 0 Å². The molecule has 11 rings (SSSR count). The molecule has 0 saturated heterocycles. The first kappa shape index (κ1) is 22.8. The van der Waals surface area contributed by atoms with Gasteiger partial charge in [0, 0.05) is 32.6 Å². The lowest BCUT2D eigenvalue weighted by Gasteiger charge is -2.15. The van der Waals surface area contributed by atoms with Crippen molar-refractivity contribution in [1.82, 2.24) is 9.13 Å². The molecule has 0 aliphatic carbocycles. The Balaban J connectivity index is 1.36. The fraction of sp³-hybridized carbons (Fsp3) is 0. The molecule has 0 fully saturated rings. The van der Waals surface area contributed by atoms with Crippen molar-refractivity contribution < 1.29 is 6.85 Å². The molecule has 0 spiro atoms. The summed E-state index contributed by atoms with van der Waals surface area (Å²) in [5.41, 5.74) is 6.97. The molecule has 9 aromatic carbocycles. The molecule has 0 N–H and O–H groups in total. The Morgan fingerprint density at radius 2 is 0.900 bits per heavy atom. The number of nitrogens with zero attached hydrogens (tertiary/aromatic N) is 2. The number of para-hydroxylation sites is 1. The first-order valence-corrected chi connectivity index (χ1v) is 16.9. The predicted molar refractivity (Wildman–Crippen MR) is 213 cm³/mol. The van der Waals surface area contributed by atoms with Crippen LogP contribution >= 0.6 is 0 Å². The Kier molecular flexibility index (Phi) is 4.76. The summed E-state index contributed by atoms with van der Waals surface area (Å²) < 4.78 is 47.7.